The van der Waals surface area contributed by atoms with E-state index in [9.17, 15) is 4.39 Å². The van der Waals surface area contributed by atoms with Crippen molar-refractivity contribution >= 4 is 35.6 Å². The van der Waals surface area contributed by atoms with Gasteiger partial charge in [0.2, 0.25) is 0 Å². The Morgan fingerprint density at radius 3 is 2.76 bits per heavy atom. The number of hydrogen-bond acceptors (Lipinski definition) is 4. The normalized spacial score (nSPS) is 19.9. The van der Waals surface area contributed by atoms with E-state index in [4.69, 9.17) is 14.5 Å². The van der Waals surface area contributed by atoms with Crippen LogP contribution in [0.15, 0.2) is 29.3 Å². The first-order valence-corrected chi connectivity index (χ1v) is 10.5. The van der Waals surface area contributed by atoms with Gasteiger partial charge in [-0.15, -0.1) is 24.0 Å². The van der Waals surface area contributed by atoms with E-state index < -0.39 is 0 Å². The Morgan fingerprint density at radius 2 is 2.07 bits per heavy atom. The molecular formula is C21H34FIN4O2. The Morgan fingerprint density at radius 1 is 1.28 bits per heavy atom. The molecule has 0 aliphatic carbocycles. The maximum absolute atomic E-state index is 14.0. The second kappa shape index (κ2) is 13.2. The number of halogens is 2. The summed E-state index contributed by atoms with van der Waals surface area (Å²) in [6.07, 6.45) is 2.03. The first-order valence-electron chi connectivity index (χ1n) is 10.5. The van der Waals surface area contributed by atoms with Crippen LogP contribution in [0, 0.1) is 11.7 Å². The van der Waals surface area contributed by atoms with Crippen molar-refractivity contribution in [2.45, 2.75) is 19.8 Å². The standard InChI is InChI=1S/C21H33FN4O2.HI/c1-2-23-21(24-9-5-14-27-16-18-8-15-28-17-18)26-12-10-25(11-13-26)20-7-4-3-6-19(20)22;/h3-4,6-7,18H,2,5,8-17H2,1H3,(H,23,24);1H. The van der Waals surface area contributed by atoms with E-state index in [1.165, 1.54) is 6.07 Å². The average molecular weight is 520 g/mol. The van der Waals surface area contributed by atoms with Crippen LogP contribution < -0.4 is 10.2 Å². The highest BCUT2D eigenvalue weighted by Crippen LogP contribution is 2.20. The predicted octanol–water partition coefficient (Wildman–Crippen LogP) is 2.97. The van der Waals surface area contributed by atoms with Gasteiger partial charge in [0, 0.05) is 58.4 Å². The lowest BCUT2D eigenvalue weighted by molar-refractivity contribution is 0.0893. The zero-order valence-corrected chi connectivity index (χ0v) is 19.6. The molecule has 0 saturated carbocycles. The molecule has 3 rings (SSSR count). The van der Waals surface area contributed by atoms with Gasteiger partial charge < -0.3 is 24.6 Å². The smallest absolute Gasteiger partial charge is 0.194 e. The number of piperazine rings is 1. The van der Waals surface area contributed by atoms with Crippen molar-refractivity contribution in [3.8, 4) is 0 Å². The molecule has 0 amide bonds. The van der Waals surface area contributed by atoms with Crippen LogP contribution in [0.4, 0.5) is 10.1 Å². The number of ether oxygens (including phenoxy) is 2. The summed E-state index contributed by atoms with van der Waals surface area (Å²) >= 11 is 0. The van der Waals surface area contributed by atoms with E-state index in [0.717, 1.165) is 84.5 Å². The van der Waals surface area contributed by atoms with Crippen molar-refractivity contribution in [2.75, 3.05) is 70.6 Å². The molecule has 2 saturated heterocycles. The fourth-order valence-corrected chi connectivity index (χ4v) is 3.61. The molecule has 0 radical (unpaired) electrons. The minimum atomic E-state index is -0.152. The highest BCUT2D eigenvalue weighted by molar-refractivity contribution is 14.0. The molecule has 8 heteroatoms. The Labute approximate surface area is 190 Å². The first kappa shape index (κ1) is 24.1. The van der Waals surface area contributed by atoms with Crippen LogP contribution >= 0.6 is 24.0 Å². The highest BCUT2D eigenvalue weighted by Gasteiger charge is 2.21. The third-order valence-corrected chi connectivity index (χ3v) is 5.19. The van der Waals surface area contributed by atoms with Crippen molar-refractivity contribution in [1.29, 1.82) is 0 Å². The lowest BCUT2D eigenvalue weighted by atomic mass is 10.1. The molecule has 1 atom stereocenters. The molecule has 0 aromatic heterocycles. The third kappa shape index (κ3) is 7.57. The van der Waals surface area contributed by atoms with Crippen LogP contribution in [-0.2, 0) is 9.47 Å². The van der Waals surface area contributed by atoms with Crippen molar-refractivity contribution in [2.24, 2.45) is 10.9 Å². The van der Waals surface area contributed by atoms with Gasteiger partial charge in [-0.05, 0) is 31.9 Å². The Balaban J connectivity index is 0.00000300. The summed E-state index contributed by atoms with van der Waals surface area (Å²) in [5.41, 5.74) is 0.689. The zero-order valence-electron chi connectivity index (χ0n) is 17.3. The largest absolute Gasteiger partial charge is 0.381 e. The van der Waals surface area contributed by atoms with Crippen LogP contribution in [0.3, 0.4) is 0 Å². The minimum absolute atomic E-state index is 0. The number of hydrogen-bond donors (Lipinski definition) is 1. The summed E-state index contributed by atoms with van der Waals surface area (Å²) < 4.78 is 25.1. The molecule has 2 heterocycles. The molecule has 164 valence electrons. The zero-order chi connectivity index (χ0) is 19.6. The van der Waals surface area contributed by atoms with Gasteiger partial charge in [-0.3, -0.25) is 4.99 Å². The van der Waals surface area contributed by atoms with Gasteiger partial charge in [0.25, 0.3) is 0 Å². The van der Waals surface area contributed by atoms with E-state index in [0.29, 0.717) is 11.6 Å². The Kier molecular flexibility index (Phi) is 11.0. The SMILES string of the molecule is CCNC(=NCCCOCC1CCOC1)N1CCN(c2ccccc2F)CC1.I. The van der Waals surface area contributed by atoms with E-state index in [2.05, 4.69) is 22.0 Å². The summed E-state index contributed by atoms with van der Waals surface area (Å²) in [6.45, 7) is 10.1. The fourth-order valence-electron chi connectivity index (χ4n) is 3.61. The molecule has 2 aliphatic rings. The Bertz CT molecular complexity index is 620. The third-order valence-electron chi connectivity index (χ3n) is 5.19. The van der Waals surface area contributed by atoms with Gasteiger partial charge in [0.05, 0.1) is 18.9 Å². The van der Waals surface area contributed by atoms with Gasteiger partial charge >= 0.3 is 0 Å². The number of aliphatic imine (C=N–C) groups is 1. The molecule has 2 fully saturated rings. The number of nitrogens with one attached hydrogen (secondary N) is 1. The van der Waals surface area contributed by atoms with Gasteiger partial charge in [0.1, 0.15) is 5.82 Å². The summed E-state index contributed by atoms with van der Waals surface area (Å²) in [7, 11) is 0. The van der Waals surface area contributed by atoms with E-state index >= 15 is 0 Å². The van der Waals surface area contributed by atoms with Crippen molar-refractivity contribution in [3.05, 3.63) is 30.1 Å². The molecule has 0 bridgehead atoms. The fraction of sp³-hybridized carbons (Fsp3) is 0.667. The van der Waals surface area contributed by atoms with Crippen LogP contribution in [0.2, 0.25) is 0 Å². The van der Waals surface area contributed by atoms with E-state index in [1.807, 2.05) is 12.1 Å². The van der Waals surface area contributed by atoms with Crippen molar-refractivity contribution in [3.63, 3.8) is 0 Å². The first-order chi connectivity index (χ1) is 13.8. The monoisotopic (exact) mass is 520 g/mol. The lowest BCUT2D eigenvalue weighted by Crippen LogP contribution is -2.52. The van der Waals surface area contributed by atoms with Gasteiger partial charge in [-0.2, -0.15) is 0 Å². The van der Waals surface area contributed by atoms with Crippen molar-refractivity contribution in [1.82, 2.24) is 10.2 Å². The second-order valence-corrected chi connectivity index (χ2v) is 7.32. The highest BCUT2D eigenvalue weighted by atomic mass is 127. The van der Waals surface area contributed by atoms with Gasteiger partial charge in [-0.1, -0.05) is 12.1 Å². The van der Waals surface area contributed by atoms with Crippen molar-refractivity contribution < 1.29 is 13.9 Å². The number of para-hydroxylation sites is 1. The topological polar surface area (TPSA) is 49.3 Å². The maximum Gasteiger partial charge on any atom is 0.194 e. The number of anilines is 1. The number of rotatable bonds is 8. The van der Waals surface area contributed by atoms with Crippen LogP contribution in [-0.4, -0.2) is 76.6 Å². The molecule has 1 unspecified atom stereocenters. The average Bonchev–Trinajstić information content (AvgIpc) is 3.24. The lowest BCUT2D eigenvalue weighted by Gasteiger charge is -2.37. The maximum atomic E-state index is 14.0. The summed E-state index contributed by atoms with van der Waals surface area (Å²) in [5, 5.41) is 3.38. The second-order valence-electron chi connectivity index (χ2n) is 7.32. The van der Waals surface area contributed by atoms with E-state index in [-0.39, 0.29) is 29.8 Å². The summed E-state index contributed by atoms with van der Waals surface area (Å²) in [6, 6.07) is 6.99. The molecule has 1 aromatic rings. The minimum Gasteiger partial charge on any atom is -0.381 e. The quantitative estimate of drug-likeness (QED) is 0.247. The molecule has 29 heavy (non-hydrogen) atoms. The van der Waals surface area contributed by atoms with Crippen LogP contribution in [0.5, 0.6) is 0 Å². The molecule has 2 aliphatic heterocycles. The predicted molar refractivity (Wildman–Crippen MR) is 126 cm³/mol. The number of guanidine groups is 1. The van der Waals surface area contributed by atoms with Gasteiger partial charge in [0.15, 0.2) is 5.96 Å². The number of benzene rings is 1. The van der Waals surface area contributed by atoms with Crippen LogP contribution in [0.25, 0.3) is 0 Å². The molecule has 1 N–H and O–H groups in total. The van der Waals surface area contributed by atoms with Gasteiger partial charge in [-0.25, -0.2) is 4.39 Å². The number of nitrogens with zero attached hydrogens (tertiary/aromatic N) is 3. The van der Waals surface area contributed by atoms with Crippen LogP contribution in [0.1, 0.15) is 19.8 Å². The molecule has 6 nitrogen and oxygen atoms in total. The molecule has 1 aromatic carbocycles. The summed E-state index contributed by atoms with van der Waals surface area (Å²) in [4.78, 5) is 9.12. The molecule has 0 spiro atoms. The summed E-state index contributed by atoms with van der Waals surface area (Å²) in [5.74, 6) is 1.35. The van der Waals surface area contributed by atoms with E-state index in [1.54, 1.807) is 6.07 Å². The molecular weight excluding hydrogens is 486 g/mol. The Hall–Kier alpha value is -1.13.